The van der Waals surface area contributed by atoms with Gasteiger partial charge in [0.1, 0.15) is 6.10 Å². The zero-order valence-corrected chi connectivity index (χ0v) is 25.2. The molecular weight excluding hydrogens is 514 g/mol. The van der Waals surface area contributed by atoms with Gasteiger partial charge in [-0.2, -0.15) is 8.42 Å². The van der Waals surface area contributed by atoms with E-state index in [2.05, 4.69) is 55.6 Å². The number of rotatable bonds is 25. The number of unbranched alkanes of at least 4 members (excludes halogenated alkanes) is 10. The first-order chi connectivity index (χ1) is 18.7. The van der Waals surface area contributed by atoms with Crippen LogP contribution in [0.25, 0.3) is 0 Å². The van der Waals surface area contributed by atoms with Crippen LogP contribution in [-0.2, 0) is 14.9 Å². The summed E-state index contributed by atoms with van der Waals surface area (Å²) in [6.45, 7) is 4.34. The molecule has 0 spiro atoms. The van der Waals surface area contributed by atoms with Gasteiger partial charge in [0.2, 0.25) is 5.91 Å². The fourth-order valence-corrected chi connectivity index (χ4v) is 4.69. The van der Waals surface area contributed by atoms with Crippen LogP contribution in [0.4, 0.5) is 0 Å². The highest BCUT2D eigenvalue weighted by Crippen LogP contribution is 2.10. The summed E-state index contributed by atoms with van der Waals surface area (Å²) in [6, 6.07) is -1.26. The molecule has 0 heterocycles. The van der Waals surface area contributed by atoms with Crippen molar-refractivity contribution in [3.05, 3.63) is 48.6 Å². The van der Waals surface area contributed by atoms with E-state index in [9.17, 15) is 28.0 Å². The Morgan fingerprint density at radius 3 is 1.77 bits per heavy atom. The summed E-state index contributed by atoms with van der Waals surface area (Å²) in [5, 5.41) is 23.0. The van der Waals surface area contributed by atoms with Crippen LogP contribution < -0.4 is 5.32 Å². The van der Waals surface area contributed by atoms with E-state index < -0.39 is 40.0 Å². The molecule has 0 aromatic heterocycles. The van der Waals surface area contributed by atoms with E-state index in [4.69, 9.17) is 0 Å². The Balaban J connectivity index is 4.39. The molecule has 226 valence electrons. The maximum absolute atomic E-state index is 12.4. The van der Waals surface area contributed by atoms with E-state index in [1.54, 1.807) is 6.08 Å². The van der Waals surface area contributed by atoms with Crippen molar-refractivity contribution in [2.45, 2.75) is 135 Å². The minimum atomic E-state index is -4.45. The number of allylic oxidation sites excluding steroid dienone is 7. The number of carbonyl (C=O) groups is 1. The quantitative estimate of drug-likeness (QED) is 0.0559. The molecule has 8 heteroatoms. The number of nitrogens with one attached hydrogen (secondary N) is 1. The van der Waals surface area contributed by atoms with E-state index in [1.807, 2.05) is 0 Å². The Labute approximate surface area is 238 Å². The standard InChI is InChI=1S/C31H55NO6S/c1-3-5-7-9-11-13-15-17-19-21-23-25-29(33)28(27-39(36,37)38)32-31(35)30(34)26-24-22-20-18-16-14-12-10-8-6-4-2/h7,9,12,14-15,17,23,25,28-30,33-34H,3-6,8,10-11,13,16,18-22,24,26-27H2,1-2H3,(H,32,35)(H,36,37,38)/b9-7+,14-12-,17-15+,25-23+. The molecule has 0 radical (unpaired) electrons. The Bertz CT molecular complexity index is 819. The molecule has 3 atom stereocenters. The lowest BCUT2D eigenvalue weighted by atomic mass is 10.1. The highest BCUT2D eigenvalue weighted by molar-refractivity contribution is 7.85. The van der Waals surface area contributed by atoms with Gasteiger partial charge in [0.15, 0.2) is 0 Å². The van der Waals surface area contributed by atoms with E-state index >= 15 is 0 Å². The van der Waals surface area contributed by atoms with Crippen molar-refractivity contribution in [3.8, 4) is 0 Å². The molecule has 0 saturated carbocycles. The molecule has 1 amide bonds. The Morgan fingerprint density at radius 2 is 1.21 bits per heavy atom. The highest BCUT2D eigenvalue weighted by Gasteiger charge is 2.27. The van der Waals surface area contributed by atoms with Crippen LogP contribution in [0.3, 0.4) is 0 Å². The van der Waals surface area contributed by atoms with Crippen molar-refractivity contribution in [2.75, 3.05) is 5.75 Å². The van der Waals surface area contributed by atoms with Crippen LogP contribution >= 0.6 is 0 Å². The van der Waals surface area contributed by atoms with Gasteiger partial charge in [0.05, 0.1) is 17.9 Å². The van der Waals surface area contributed by atoms with E-state index in [-0.39, 0.29) is 6.42 Å². The fraction of sp³-hybridized carbons (Fsp3) is 0.710. The van der Waals surface area contributed by atoms with Gasteiger partial charge >= 0.3 is 0 Å². The largest absolute Gasteiger partial charge is 0.387 e. The average molecular weight is 570 g/mol. The third-order valence-corrected chi connectivity index (χ3v) is 7.07. The Morgan fingerprint density at radius 1 is 0.692 bits per heavy atom. The minimum absolute atomic E-state index is 0.254. The second-order valence-corrected chi connectivity index (χ2v) is 11.6. The molecule has 0 aromatic rings. The van der Waals surface area contributed by atoms with E-state index in [0.29, 0.717) is 12.8 Å². The zero-order chi connectivity index (χ0) is 29.2. The number of carbonyl (C=O) groups excluding carboxylic acids is 1. The van der Waals surface area contributed by atoms with Gasteiger partial charge in [0, 0.05) is 0 Å². The number of amides is 1. The topological polar surface area (TPSA) is 124 Å². The molecule has 0 fully saturated rings. The van der Waals surface area contributed by atoms with Crippen molar-refractivity contribution in [1.82, 2.24) is 5.32 Å². The molecule has 39 heavy (non-hydrogen) atoms. The van der Waals surface area contributed by atoms with Crippen LogP contribution in [0.5, 0.6) is 0 Å². The molecule has 7 nitrogen and oxygen atoms in total. The molecule has 3 unspecified atom stereocenters. The third-order valence-electron chi connectivity index (χ3n) is 6.29. The normalized spacial score (nSPS) is 15.1. The van der Waals surface area contributed by atoms with Gasteiger partial charge in [-0.1, -0.05) is 101 Å². The summed E-state index contributed by atoms with van der Waals surface area (Å²) in [7, 11) is -4.45. The zero-order valence-electron chi connectivity index (χ0n) is 24.3. The highest BCUT2D eigenvalue weighted by atomic mass is 32.2. The van der Waals surface area contributed by atoms with Crippen molar-refractivity contribution < 1.29 is 28.0 Å². The predicted molar refractivity (Wildman–Crippen MR) is 162 cm³/mol. The second kappa shape index (κ2) is 25.2. The van der Waals surface area contributed by atoms with Crippen molar-refractivity contribution >= 4 is 16.0 Å². The van der Waals surface area contributed by atoms with Gasteiger partial charge in [-0.3, -0.25) is 9.35 Å². The Hall–Kier alpha value is -1.74. The van der Waals surface area contributed by atoms with Crippen LogP contribution in [0.1, 0.15) is 117 Å². The maximum Gasteiger partial charge on any atom is 0.267 e. The third kappa shape index (κ3) is 25.0. The van der Waals surface area contributed by atoms with Crippen LogP contribution in [0.15, 0.2) is 48.6 Å². The number of hydrogen-bond acceptors (Lipinski definition) is 5. The number of hydrogen-bond donors (Lipinski definition) is 4. The van der Waals surface area contributed by atoms with Gasteiger partial charge in [0.25, 0.3) is 10.1 Å². The molecule has 0 rings (SSSR count). The number of aliphatic hydroxyl groups excluding tert-OH is 2. The molecule has 0 aromatic carbocycles. The molecule has 0 aliphatic rings. The van der Waals surface area contributed by atoms with Crippen LogP contribution in [0, 0.1) is 0 Å². The summed E-state index contributed by atoms with van der Waals surface area (Å²) in [5.74, 6) is -1.59. The van der Waals surface area contributed by atoms with Crippen LogP contribution in [0.2, 0.25) is 0 Å². The van der Waals surface area contributed by atoms with Gasteiger partial charge in [-0.05, 0) is 64.2 Å². The van der Waals surface area contributed by atoms with Gasteiger partial charge < -0.3 is 15.5 Å². The minimum Gasteiger partial charge on any atom is -0.387 e. The Kier molecular flexibility index (Phi) is 24.1. The lowest BCUT2D eigenvalue weighted by Crippen LogP contribution is -2.50. The lowest BCUT2D eigenvalue weighted by molar-refractivity contribution is -0.130. The first kappa shape index (κ1) is 37.3. The fourth-order valence-electron chi connectivity index (χ4n) is 3.96. The summed E-state index contributed by atoms with van der Waals surface area (Å²) in [6.07, 6.45) is 28.9. The van der Waals surface area contributed by atoms with Gasteiger partial charge in [-0.25, -0.2) is 0 Å². The number of aliphatic hydroxyl groups is 2. The molecular formula is C31H55NO6S. The molecule has 0 bridgehead atoms. The van der Waals surface area contributed by atoms with Crippen molar-refractivity contribution in [2.24, 2.45) is 0 Å². The second-order valence-electron chi connectivity index (χ2n) is 10.1. The van der Waals surface area contributed by atoms with Crippen LogP contribution in [-0.4, -0.2) is 53.1 Å². The lowest BCUT2D eigenvalue weighted by Gasteiger charge is -2.22. The molecule has 0 aliphatic heterocycles. The molecule has 4 N–H and O–H groups in total. The van der Waals surface area contributed by atoms with Gasteiger partial charge in [-0.15, -0.1) is 0 Å². The maximum atomic E-state index is 12.4. The molecule has 0 aliphatic carbocycles. The monoisotopic (exact) mass is 569 g/mol. The van der Waals surface area contributed by atoms with Crippen molar-refractivity contribution in [1.29, 1.82) is 0 Å². The first-order valence-corrected chi connectivity index (χ1v) is 16.6. The summed E-state index contributed by atoms with van der Waals surface area (Å²) >= 11 is 0. The van der Waals surface area contributed by atoms with E-state index in [1.165, 1.54) is 25.3 Å². The predicted octanol–water partition coefficient (Wildman–Crippen LogP) is 6.59. The summed E-state index contributed by atoms with van der Waals surface area (Å²) in [5.41, 5.74) is 0. The van der Waals surface area contributed by atoms with Crippen molar-refractivity contribution in [3.63, 3.8) is 0 Å². The SMILES string of the molecule is CCC/C=C/CC/C=C/CC/C=C/C(O)C(CS(=O)(=O)O)NC(=O)C(O)CCCCCC/C=C\CCCCC. The molecule has 0 saturated heterocycles. The van der Waals surface area contributed by atoms with E-state index in [0.717, 1.165) is 64.2 Å². The smallest absolute Gasteiger partial charge is 0.267 e. The average Bonchev–Trinajstić information content (AvgIpc) is 2.88. The first-order valence-electron chi connectivity index (χ1n) is 14.9. The summed E-state index contributed by atoms with van der Waals surface area (Å²) < 4.78 is 32.1. The summed E-state index contributed by atoms with van der Waals surface area (Å²) in [4.78, 5) is 12.4.